The summed E-state index contributed by atoms with van der Waals surface area (Å²) in [5.41, 5.74) is 1.16. The first-order valence-corrected chi connectivity index (χ1v) is 10.0. The Morgan fingerprint density at radius 1 is 1.21 bits per heavy atom. The molecule has 7 heteroatoms. The largest absolute Gasteiger partial charge is 0.353 e. The average Bonchev–Trinajstić information content (AvgIpc) is 3.42. The Morgan fingerprint density at radius 2 is 1.93 bits per heavy atom. The van der Waals surface area contributed by atoms with Crippen molar-refractivity contribution >= 4 is 17.6 Å². The molecule has 0 saturated heterocycles. The Kier molecular flexibility index (Phi) is 6.56. The van der Waals surface area contributed by atoms with Gasteiger partial charge in [0.05, 0.1) is 12.2 Å². The van der Waals surface area contributed by atoms with Gasteiger partial charge in [0, 0.05) is 31.5 Å². The van der Waals surface area contributed by atoms with Gasteiger partial charge in [0.25, 0.3) is 0 Å². The fourth-order valence-electron chi connectivity index (χ4n) is 3.31. The highest BCUT2D eigenvalue weighted by atomic mass is 19.1. The zero-order chi connectivity index (χ0) is 21.0. The molecule has 1 aliphatic carbocycles. The van der Waals surface area contributed by atoms with Crippen LogP contribution >= 0.6 is 0 Å². The minimum atomic E-state index is -0.500. The SMILES string of the molecule is CC(C)CN(CC(=O)N(Cc1cccn1C)C1CC1)C(=O)Nc1ccccc1F. The number of carbonyl (C=O) groups excluding carboxylic acids is 2. The summed E-state index contributed by atoms with van der Waals surface area (Å²) in [4.78, 5) is 29.2. The molecule has 1 heterocycles. The summed E-state index contributed by atoms with van der Waals surface area (Å²) in [6.07, 6.45) is 3.93. The summed E-state index contributed by atoms with van der Waals surface area (Å²) < 4.78 is 15.9. The summed E-state index contributed by atoms with van der Waals surface area (Å²) in [5.74, 6) is -0.408. The molecule has 6 nitrogen and oxygen atoms in total. The maximum Gasteiger partial charge on any atom is 0.322 e. The second-order valence-electron chi connectivity index (χ2n) is 8.05. The van der Waals surface area contributed by atoms with E-state index < -0.39 is 11.8 Å². The number of hydrogen-bond donors (Lipinski definition) is 1. The number of aromatic nitrogens is 1. The van der Waals surface area contributed by atoms with E-state index in [1.54, 1.807) is 12.1 Å². The molecule has 1 saturated carbocycles. The van der Waals surface area contributed by atoms with Gasteiger partial charge < -0.3 is 19.7 Å². The minimum Gasteiger partial charge on any atom is -0.353 e. The Balaban J connectivity index is 1.70. The zero-order valence-electron chi connectivity index (χ0n) is 17.3. The van der Waals surface area contributed by atoms with E-state index >= 15 is 0 Å². The molecule has 3 amide bonds. The molecular formula is C22H29FN4O2. The normalized spacial score (nSPS) is 13.4. The lowest BCUT2D eigenvalue weighted by molar-refractivity contribution is -0.133. The van der Waals surface area contributed by atoms with Crippen molar-refractivity contribution in [3.05, 3.63) is 54.1 Å². The second-order valence-corrected chi connectivity index (χ2v) is 8.05. The number of hydrogen-bond acceptors (Lipinski definition) is 2. The van der Waals surface area contributed by atoms with E-state index in [0.717, 1.165) is 18.5 Å². The van der Waals surface area contributed by atoms with Crippen molar-refractivity contribution in [3.63, 3.8) is 0 Å². The van der Waals surface area contributed by atoms with Crippen LogP contribution in [-0.2, 0) is 18.4 Å². The Labute approximate surface area is 171 Å². The topological polar surface area (TPSA) is 57.6 Å². The second kappa shape index (κ2) is 9.11. The van der Waals surface area contributed by atoms with Crippen molar-refractivity contribution in [3.8, 4) is 0 Å². The van der Waals surface area contributed by atoms with Gasteiger partial charge in [0.1, 0.15) is 12.4 Å². The molecule has 0 bridgehead atoms. The Hall–Kier alpha value is -2.83. The van der Waals surface area contributed by atoms with E-state index in [1.165, 1.54) is 17.0 Å². The molecule has 156 valence electrons. The van der Waals surface area contributed by atoms with Crippen LogP contribution in [0.15, 0.2) is 42.6 Å². The van der Waals surface area contributed by atoms with Crippen LogP contribution in [0, 0.1) is 11.7 Å². The quantitative estimate of drug-likeness (QED) is 0.732. The van der Waals surface area contributed by atoms with Crippen molar-refractivity contribution < 1.29 is 14.0 Å². The van der Waals surface area contributed by atoms with Crippen LogP contribution in [0.2, 0.25) is 0 Å². The third-order valence-electron chi connectivity index (χ3n) is 5.01. The molecule has 0 radical (unpaired) electrons. The zero-order valence-corrected chi connectivity index (χ0v) is 17.3. The third-order valence-corrected chi connectivity index (χ3v) is 5.01. The van der Waals surface area contributed by atoms with E-state index in [1.807, 2.05) is 48.7 Å². The van der Waals surface area contributed by atoms with Gasteiger partial charge in [-0.05, 0) is 43.0 Å². The highest BCUT2D eigenvalue weighted by Gasteiger charge is 2.34. The van der Waals surface area contributed by atoms with Gasteiger partial charge in [0.2, 0.25) is 5.91 Å². The predicted molar refractivity (Wildman–Crippen MR) is 111 cm³/mol. The number of urea groups is 1. The fraction of sp³-hybridized carbons (Fsp3) is 0.455. The molecule has 1 fully saturated rings. The van der Waals surface area contributed by atoms with Crippen molar-refractivity contribution in [1.29, 1.82) is 0 Å². The number of nitrogens with zero attached hydrogens (tertiary/aromatic N) is 3. The molecule has 0 atom stereocenters. The van der Waals surface area contributed by atoms with E-state index in [-0.39, 0.29) is 30.1 Å². The molecule has 1 aromatic carbocycles. The van der Waals surface area contributed by atoms with Crippen molar-refractivity contribution in [2.75, 3.05) is 18.4 Å². The van der Waals surface area contributed by atoms with Gasteiger partial charge in [0.15, 0.2) is 0 Å². The summed E-state index contributed by atoms with van der Waals surface area (Å²) in [7, 11) is 1.96. The number of halogens is 1. The van der Waals surface area contributed by atoms with Gasteiger partial charge >= 0.3 is 6.03 Å². The van der Waals surface area contributed by atoms with Crippen LogP contribution in [0.5, 0.6) is 0 Å². The first kappa shape index (κ1) is 20.9. The van der Waals surface area contributed by atoms with Crippen LogP contribution < -0.4 is 5.32 Å². The molecule has 3 rings (SSSR count). The number of nitrogens with one attached hydrogen (secondary N) is 1. The Morgan fingerprint density at radius 3 is 2.52 bits per heavy atom. The highest BCUT2D eigenvalue weighted by Crippen LogP contribution is 2.28. The predicted octanol–water partition coefficient (Wildman–Crippen LogP) is 3.85. The Bertz CT molecular complexity index is 860. The molecule has 0 unspecified atom stereocenters. The average molecular weight is 400 g/mol. The number of benzene rings is 1. The van der Waals surface area contributed by atoms with Crippen molar-refractivity contribution in [1.82, 2.24) is 14.4 Å². The lowest BCUT2D eigenvalue weighted by atomic mass is 10.2. The first-order valence-electron chi connectivity index (χ1n) is 10.0. The van der Waals surface area contributed by atoms with E-state index in [0.29, 0.717) is 13.1 Å². The molecule has 1 aliphatic rings. The monoisotopic (exact) mass is 400 g/mol. The van der Waals surface area contributed by atoms with E-state index in [4.69, 9.17) is 0 Å². The maximum atomic E-state index is 13.9. The number of anilines is 1. The number of amides is 3. The lowest BCUT2D eigenvalue weighted by Crippen LogP contribution is -2.46. The molecule has 2 aromatic rings. The first-order chi connectivity index (χ1) is 13.8. The van der Waals surface area contributed by atoms with Crippen LogP contribution in [0.3, 0.4) is 0 Å². The van der Waals surface area contributed by atoms with E-state index in [9.17, 15) is 14.0 Å². The molecule has 0 spiro atoms. The van der Waals surface area contributed by atoms with Gasteiger partial charge in [-0.2, -0.15) is 0 Å². The maximum absolute atomic E-state index is 13.9. The van der Waals surface area contributed by atoms with Gasteiger partial charge in [-0.15, -0.1) is 0 Å². The minimum absolute atomic E-state index is 0.0284. The van der Waals surface area contributed by atoms with Gasteiger partial charge in [-0.3, -0.25) is 4.79 Å². The summed E-state index contributed by atoms with van der Waals surface area (Å²) >= 11 is 0. The smallest absolute Gasteiger partial charge is 0.322 e. The molecule has 0 aliphatic heterocycles. The molecule has 1 N–H and O–H groups in total. The fourth-order valence-corrected chi connectivity index (χ4v) is 3.31. The van der Waals surface area contributed by atoms with Gasteiger partial charge in [-0.25, -0.2) is 9.18 Å². The van der Waals surface area contributed by atoms with Gasteiger partial charge in [-0.1, -0.05) is 26.0 Å². The number of para-hydroxylation sites is 1. The van der Waals surface area contributed by atoms with Crippen LogP contribution in [0.25, 0.3) is 0 Å². The molecule has 1 aromatic heterocycles. The highest BCUT2D eigenvalue weighted by molar-refractivity contribution is 5.92. The van der Waals surface area contributed by atoms with E-state index in [2.05, 4.69) is 5.32 Å². The summed E-state index contributed by atoms with van der Waals surface area (Å²) in [6.45, 7) is 4.87. The number of aryl methyl sites for hydroxylation is 1. The van der Waals surface area contributed by atoms with Crippen LogP contribution in [0.4, 0.5) is 14.9 Å². The lowest BCUT2D eigenvalue weighted by Gasteiger charge is -2.29. The standard InChI is InChI=1S/C22H29FN4O2/c1-16(2)13-26(22(29)24-20-9-5-4-8-19(20)23)15-21(28)27(17-10-11-17)14-18-7-6-12-25(18)3/h4-9,12,16-17H,10-11,13-15H2,1-3H3,(H,24,29). The van der Waals surface area contributed by atoms with Crippen LogP contribution in [0.1, 0.15) is 32.4 Å². The number of rotatable bonds is 8. The number of carbonyl (C=O) groups is 2. The summed E-state index contributed by atoms with van der Waals surface area (Å²) in [6, 6.07) is 9.75. The summed E-state index contributed by atoms with van der Waals surface area (Å²) in [5, 5.41) is 2.60. The van der Waals surface area contributed by atoms with Crippen molar-refractivity contribution in [2.24, 2.45) is 13.0 Å². The molecule has 29 heavy (non-hydrogen) atoms. The molecular weight excluding hydrogens is 371 g/mol. The van der Waals surface area contributed by atoms with Crippen molar-refractivity contribution in [2.45, 2.75) is 39.3 Å². The third kappa shape index (κ3) is 5.59. The van der Waals surface area contributed by atoms with Crippen LogP contribution in [-0.4, -0.2) is 45.4 Å².